The average molecular weight is 184 g/mol. The van der Waals surface area contributed by atoms with Crippen LogP contribution in [-0.4, -0.2) is 11.2 Å². The maximum Gasteiger partial charge on any atom is 0.0546 e. The molecular weight excluding hydrogens is 160 g/mol. The maximum absolute atomic E-state index is 9.19. The van der Waals surface area contributed by atoms with Gasteiger partial charge in [-0.15, -0.1) is 0 Å². The fourth-order valence-corrected chi connectivity index (χ4v) is 1.45. The van der Waals surface area contributed by atoms with Crippen molar-refractivity contribution < 1.29 is 5.11 Å². The van der Waals surface area contributed by atoms with Crippen LogP contribution >= 0.6 is 0 Å². The summed E-state index contributed by atoms with van der Waals surface area (Å²) in [7, 11) is 0. The molecule has 0 aromatic rings. The van der Waals surface area contributed by atoms with E-state index in [1.165, 1.54) is 12.0 Å². The van der Waals surface area contributed by atoms with Gasteiger partial charge in [0.05, 0.1) is 6.10 Å². The molecule has 1 heteroatoms. The molecule has 13 heavy (non-hydrogen) atoms. The highest BCUT2D eigenvalue weighted by Gasteiger charge is 2.13. The number of aliphatic hydroxyl groups excluding tert-OH is 1. The standard InChI is InChI=1S/C9H16O.C3H8/c1-7(2)8-3-5-9(10)6-4-8;1-3-2/h9-10H,3-6H2,1-2H3;3H2,1-2H3. The largest absolute Gasteiger partial charge is 0.393 e. The summed E-state index contributed by atoms with van der Waals surface area (Å²) in [6.45, 7) is 8.57. The monoisotopic (exact) mass is 184 g/mol. The van der Waals surface area contributed by atoms with Crippen LogP contribution < -0.4 is 0 Å². The molecule has 1 N–H and O–H groups in total. The van der Waals surface area contributed by atoms with Crippen LogP contribution in [0.4, 0.5) is 0 Å². The Morgan fingerprint density at radius 2 is 1.62 bits per heavy atom. The molecule has 0 aliphatic heterocycles. The SMILES string of the molecule is CC(C)=C1CCC(O)CC1.CCC. The highest BCUT2D eigenvalue weighted by molar-refractivity contribution is 5.11. The van der Waals surface area contributed by atoms with Crippen molar-refractivity contribution in [2.75, 3.05) is 0 Å². The van der Waals surface area contributed by atoms with Crippen molar-refractivity contribution in [2.45, 2.75) is 65.9 Å². The van der Waals surface area contributed by atoms with Gasteiger partial charge in [0.1, 0.15) is 0 Å². The zero-order valence-corrected chi connectivity index (χ0v) is 9.56. The zero-order chi connectivity index (χ0) is 10.3. The first kappa shape index (κ1) is 12.7. The van der Waals surface area contributed by atoms with Crippen LogP contribution in [0.5, 0.6) is 0 Å². The van der Waals surface area contributed by atoms with Gasteiger partial charge < -0.3 is 5.11 Å². The smallest absolute Gasteiger partial charge is 0.0546 e. The first-order chi connectivity index (χ1) is 6.11. The Morgan fingerprint density at radius 3 is 1.92 bits per heavy atom. The van der Waals surface area contributed by atoms with E-state index in [4.69, 9.17) is 0 Å². The van der Waals surface area contributed by atoms with Crippen molar-refractivity contribution in [3.63, 3.8) is 0 Å². The van der Waals surface area contributed by atoms with E-state index in [1.807, 2.05) is 0 Å². The van der Waals surface area contributed by atoms with Crippen LogP contribution in [0.15, 0.2) is 11.1 Å². The fraction of sp³-hybridized carbons (Fsp3) is 0.833. The molecule has 1 saturated carbocycles. The van der Waals surface area contributed by atoms with Gasteiger partial charge in [-0.2, -0.15) is 0 Å². The quantitative estimate of drug-likeness (QED) is 0.569. The van der Waals surface area contributed by atoms with Gasteiger partial charge in [-0.3, -0.25) is 0 Å². The molecule has 0 heterocycles. The van der Waals surface area contributed by atoms with Gasteiger partial charge in [0.2, 0.25) is 0 Å². The topological polar surface area (TPSA) is 20.2 Å². The lowest BCUT2D eigenvalue weighted by atomic mass is 9.90. The van der Waals surface area contributed by atoms with Gasteiger partial charge in [-0.1, -0.05) is 31.4 Å². The average Bonchev–Trinajstić information content (AvgIpc) is 2.06. The van der Waals surface area contributed by atoms with Crippen molar-refractivity contribution in [3.05, 3.63) is 11.1 Å². The van der Waals surface area contributed by atoms with Crippen LogP contribution in [0, 0.1) is 0 Å². The summed E-state index contributed by atoms with van der Waals surface area (Å²) >= 11 is 0. The van der Waals surface area contributed by atoms with E-state index < -0.39 is 0 Å². The van der Waals surface area contributed by atoms with Crippen LogP contribution in [0.25, 0.3) is 0 Å². The predicted octanol–water partition coefficient (Wildman–Crippen LogP) is 3.67. The van der Waals surface area contributed by atoms with Crippen LogP contribution in [0.1, 0.15) is 59.8 Å². The highest BCUT2D eigenvalue weighted by Crippen LogP contribution is 2.25. The Kier molecular flexibility index (Phi) is 6.97. The lowest BCUT2D eigenvalue weighted by Crippen LogP contribution is -2.12. The first-order valence-electron chi connectivity index (χ1n) is 5.45. The summed E-state index contributed by atoms with van der Waals surface area (Å²) in [6.07, 6.45) is 5.40. The number of hydrogen-bond donors (Lipinski definition) is 1. The zero-order valence-electron chi connectivity index (χ0n) is 9.56. The lowest BCUT2D eigenvalue weighted by molar-refractivity contribution is 0.143. The van der Waals surface area contributed by atoms with E-state index in [9.17, 15) is 5.11 Å². The Balaban J connectivity index is 0.000000424. The highest BCUT2D eigenvalue weighted by atomic mass is 16.3. The van der Waals surface area contributed by atoms with E-state index in [2.05, 4.69) is 27.7 Å². The molecule has 0 radical (unpaired) electrons. The molecule has 0 unspecified atom stereocenters. The van der Waals surface area contributed by atoms with Crippen LogP contribution in [0.2, 0.25) is 0 Å². The molecule has 0 aromatic carbocycles. The Morgan fingerprint density at radius 1 is 1.23 bits per heavy atom. The molecular formula is C12H24O. The van der Waals surface area contributed by atoms with Crippen LogP contribution in [0.3, 0.4) is 0 Å². The van der Waals surface area contributed by atoms with E-state index in [0.29, 0.717) is 0 Å². The molecule has 1 fully saturated rings. The molecule has 0 saturated heterocycles. The van der Waals surface area contributed by atoms with Gasteiger partial charge in [0.15, 0.2) is 0 Å². The number of rotatable bonds is 0. The minimum atomic E-state index is -0.0249. The third-order valence-corrected chi connectivity index (χ3v) is 2.27. The van der Waals surface area contributed by atoms with Gasteiger partial charge in [-0.25, -0.2) is 0 Å². The van der Waals surface area contributed by atoms with Crippen LogP contribution in [-0.2, 0) is 0 Å². The van der Waals surface area contributed by atoms with Crippen molar-refractivity contribution in [1.29, 1.82) is 0 Å². The van der Waals surface area contributed by atoms with E-state index in [-0.39, 0.29) is 6.10 Å². The summed E-state index contributed by atoms with van der Waals surface area (Å²) in [6, 6.07) is 0. The molecule has 0 atom stereocenters. The predicted molar refractivity (Wildman–Crippen MR) is 58.8 cm³/mol. The molecule has 1 aliphatic rings. The molecule has 1 nitrogen and oxygen atoms in total. The Bertz CT molecular complexity index is 145. The van der Waals surface area contributed by atoms with E-state index in [1.54, 1.807) is 5.57 Å². The molecule has 1 aliphatic carbocycles. The summed E-state index contributed by atoms with van der Waals surface area (Å²) in [4.78, 5) is 0. The second-order valence-electron chi connectivity index (χ2n) is 4.04. The number of aliphatic hydroxyl groups is 1. The fourth-order valence-electron chi connectivity index (χ4n) is 1.45. The molecule has 1 rings (SSSR count). The van der Waals surface area contributed by atoms with Crippen molar-refractivity contribution in [2.24, 2.45) is 0 Å². The Hall–Kier alpha value is -0.300. The summed E-state index contributed by atoms with van der Waals surface area (Å²) < 4.78 is 0. The van der Waals surface area contributed by atoms with Crippen molar-refractivity contribution in [3.8, 4) is 0 Å². The maximum atomic E-state index is 9.19. The molecule has 0 spiro atoms. The molecule has 0 amide bonds. The number of hydrogen-bond acceptors (Lipinski definition) is 1. The normalized spacial score (nSPS) is 21.9. The minimum Gasteiger partial charge on any atom is -0.393 e. The van der Waals surface area contributed by atoms with Gasteiger partial charge >= 0.3 is 0 Å². The van der Waals surface area contributed by atoms with E-state index in [0.717, 1.165) is 25.7 Å². The summed E-state index contributed by atoms with van der Waals surface area (Å²) in [5.41, 5.74) is 3.01. The van der Waals surface area contributed by atoms with Crippen molar-refractivity contribution >= 4 is 0 Å². The minimum absolute atomic E-state index is 0.0249. The molecule has 78 valence electrons. The van der Waals surface area contributed by atoms with Crippen molar-refractivity contribution in [1.82, 2.24) is 0 Å². The number of allylic oxidation sites excluding steroid dienone is 2. The third kappa shape index (κ3) is 5.87. The van der Waals surface area contributed by atoms with Gasteiger partial charge in [0.25, 0.3) is 0 Å². The second-order valence-corrected chi connectivity index (χ2v) is 4.04. The first-order valence-corrected chi connectivity index (χ1v) is 5.45. The van der Waals surface area contributed by atoms with E-state index >= 15 is 0 Å². The lowest BCUT2D eigenvalue weighted by Gasteiger charge is -2.20. The second kappa shape index (κ2) is 7.14. The third-order valence-electron chi connectivity index (χ3n) is 2.27. The van der Waals surface area contributed by atoms with Gasteiger partial charge in [-0.05, 0) is 39.5 Å². The summed E-state index contributed by atoms with van der Waals surface area (Å²) in [5.74, 6) is 0. The molecule has 0 bridgehead atoms. The Labute approximate surface area is 82.9 Å². The van der Waals surface area contributed by atoms with Gasteiger partial charge in [0, 0.05) is 0 Å². The summed E-state index contributed by atoms with van der Waals surface area (Å²) in [5, 5.41) is 9.19. The molecule has 0 aromatic heterocycles.